The quantitative estimate of drug-likeness (QED) is 0.232. The molecule has 0 bridgehead atoms. The van der Waals surface area contributed by atoms with Crippen LogP contribution in [0.2, 0.25) is 0 Å². The van der Waals surface area contributed by atoms with Crippen molar-refractivity contribution in [1.82, 2.24) is 9.88 Å². The molecule has 1 aliphatic heterocycles. The highest BCUT2D eigenvalue weighted by Crippen LogP contribution is 2.41. The van der Waals surface area contributed by atoms with Gasteiger partial charge in [-0.2, -0.15) is 26.3 Å². The van der Waals surface area contributed by atoms with Crippen LogP contribution in [-0.2, 0) is 23.7 Å². The first-order valence-corrected chi connectivity index (χ1v) is 12.0. The summed E-state index contributed by atoms with van der Waals surface area (Å²) >= 11 is 0. The van der Waals surface area contributed by atoms with E-state index >= 15 is 0 Å². The van der Waals surface area contributed by atoms with Crippen LogP contribution in [0.15, 0.2) is 90.3 Å². The minimum Gasteiger partial charge on any atom is -0.363 e. The molecule has 2 heterocycles. The van der Waals surface area contributed by atoms with Gasteiger partial charge in [0.2, 0.25) is 6.23 Å². The lowest BCUT2D eigenvalue weighted by Crippen LogP contribution is -2.32. The van der Waals surface area contributed by atoms with Gasteiger partial charge in [-0.3, -0.25) is 4.98 Å². The predicted molar refractivity (Wildman–Crippen MR) is 133 cm³/mol. The highest BCUT2D eigenvalue weighted by atomic mass is 19.4. The molecule has 0 saturated heterocycles. The third-order valence-corrected chi connectivity index (χ3v) is 6.48. The summed E-state index contributed by atoms with van der Waals surface area (Å²) in [5.41, 5.74) is -0.886. The molecule has 0 fully saturated rings. The fourth-order valence-corrected chi connectivity index (χ4v) is 4.55. The Bertz CT molecular complexity index is 1550. The van der Waals surface area contributed by atoms with Gasteiger partial charge in [-0.05, 0) is 53.9 Å². The van der Waals surface area contributed by atoms with Gasteiger partial charge in [0.05, 0.1) is 17.7 Å². The number of hydrogen-bond donors (Lipinski definition) is 0. The van der Waals surface area contributed by atoms with E-state index in [4.69, 9.17) is 4.84 Å². The number of amidine groups is 1. The zero-order chi connectivity index (χ0) is 28.7. The van der Waals surface area contributed by atoms with Crippen molar-refractivity contribution in [2.24, 2.45) is 5.16 Å². The number of rotatable bonds is 5. The Morgan fingerprint density at radius 2 is 1.43 bits per heavy atom. The van der Waals surface area contributed by atoms with E-state index < -0.39 is 41.1 Å². The molecule has 3 aromatic carbocycles. The molecule has 1 aromatic heterocycles. The van der Waals surface area contributed by atoms with E-state index in [0.717, 1.165) is 5.56 Å². The molecule has 0 radical (unpaired) electrons. The number of benzene rings is 3. The maximum Gasteiger partial charge on any atom is 0.416 e. The van der Waals surface area contributed by atoms with Crippen LogP contribution in [0.3, 0.4) is 0 Å². The standard InChI is InChI=1S/C29H20F7N3O/c1-17-6-2-3-7-22(17)26-38-40-27(18-12-20(28(31,32)33)14-21(13-18)29(34,35)36)39(26)16-19-15-37-11-10-23(19)24-8-4-5-9-25(24)30/h2-15,27H,16H2,1H3. The van der Waals surface area contributed by atoms with Crippen LogP contribution in [0.1, 0.15) is 39.6 Å². The number of oxime groups is 1. The van der Waals surface area contributed by atoms with Crippen LogP contribution < -0.4 is 0 Å². The third kappa shape index (κ3) is 5.36. The summed E-state index contributed by atoms with van der Waals surface area (Å²) in [5.74, 6) is -0.318. The first-order chi connectivity index (χ1) is 18.9. The lowest BCUT2D eigenvalue weighted by atomic mass is 9.99. The largest absolute Gasteiger partial charge is 0.416 e. The van der Waals surface area contributed by atoms with Crippen LogP contribution in [-0.4, -0.2) is 15.7 Å². The van der Waals surface area contributed by atoms with Crippen molar-refractivity contribution >= 4 is 5.84 Å². The van der Waals surface area contributed by atoms with Crippen LogP contribution >= 0.6 is 0 Å². The molecule has 40 heavy (non-hydrogen) atoms. The monoisotopic (exact) mass is 559 g/mol. The van der Waals surface area contributed by atoms with Gasteiger partial charge in [-0.25, -0.2) is 4.39 Å². The zero-order valence-electron chi connectivity index (χ0n) is 20.8. The molecular formula is C29H20F7N3O. The van der Waals surface area contributed by atoms with Gasteiger partial charge < -0.3 is 9.74 Å². The van der Waals surface area contributed by atoms with Gasteiger partial charge in [-0.15, -0.1) is 0 Å². The molecule has 1 unspecified atom stereocenters. The van der Waals surface area contributed by atoms with E-state index in [-0.39, 0.29) is 24.0 Å². The van der Waals surface area contributed by atoms with Crippen molar-refractivity contribution in [1.29, 1.82) is 0 Å². The molecule has 4 aromatic rings. The topological polar surface area (TPSA) is 37.7 Å². The van der Waals surface area contributed by atoms with E-state index in [2.05, 4.69) is 10.1 Å². The maximum absolute atomic E-state index is 14.7. The summed E-state index contributed by atoms with van der Waals surface area (Å²) in [6.45, 7) is 1.66. The molecule has 0 N–H and O–H groups in total. The van der Waals surface area contributed by atoms with E-state index in [1.54, 1.807) is 49.4 Å². The summed E-state index contributed by atoms with van der Waals surface area (Å²) in [6, 6.07) is 15.9. The Hall–Kier alpha value is -4.41. The Kier molecular flexibility index (Phi) is 6.99. The van der Waals surface area contributed by atoms with E-state index in [1.807, 2.05) is 0 Å². The third-order valence-electron chi connectivity index (χ3n) is 6.48. The summed E-state index contributed by atoms with van der Waals surface area (Å²) < 4.78 is 96.6. The second-order valence-corrected chi connectivity index (χ2v) is 9.17. The second kappa shape index (κ2) is 10.3. The van der Waals surface area contributed by atoms with Crippen molar-refractivity contribution in [2.45, 2.75) is 32.0 Å². The molecule has 0 aliphatic carbocycles. The van der Waals surface area contributed by atoms with Gasteiger partial charge in [0, 0.05) is 29.1 Å². The Labute approximate surface area is 224 Å². The number of aromatic nitrogens is 1. The second-order valence-electron chi connectivity index (χ2n) is 9.17. The van der Waals surface area contributed by atoms with Crippen molar-refractivity contribution < 1.29 is 35.6 Å². The van der Waals surface area contributed by atoms with Crippen molar-refractivity contribution in [3.8, 4) is 11.1 Å². The summed E-state index contributed by atoms with van der Waals surface area (Å²) in [6.07, 6.45) is -8.62. The van der Waals surface area contributed by atoms with Gasteiger partial charge >= 0.3 is 12.4 Å². The van der Waals surface area contributed by atoms with Gasteiger partial charge in [0.25, 0.3) is 0 Å². The first kappa shape index (κ1) is 27.2. The summed E-state index contributed by atoms with van der Waals surface area (Å²) in [5, 5.41) is 4.09. The van der Waals surface area contributed by atoms with Gasteiger partial charge in [-0.1, -0.05) is 47.6 Å². The number of halogens is 7. The van der Waals surface area contributed by atoms with E-state index in [0.29, 0.717) is 28.8 Å². The molecular weight excluding hydrogens is 539 g/mol. The average molecular weight is 559 g/mol. The van der Waals surface area contributed by atoms with Crippen LogP contribution in [0.5, 0.6) is 0 Å². The minimum atomic E-state index is -5.04. The smallest absolute Gasteiger partial charge is 0.363 e. The SMILES string of the molecule is Cc1ccccc1C1=NOC(c2cc(C(F)(F)F)cc(C(F)(F)F)c2)N1Cc1cnccc1-c1ccccc1F. The molecule has 4 nitrogen and oxygen atoms in total. The zero-order valence-corrected chi connectivity index (χ0v) is 20.8. The Morgan fingerprint density at radius 1 is 0.800 bits per heavy atom. The molecule has 1 atom stereocenters. The lowest BCUT2D eigenvalue weighted by molar-refractivity contribution is -0.143. The molecule has 0 spiro atoms. The number of hydrogen-bond acceptors (Lipinski definition) is 4. The number of alkyl halides is 6. The number of pyridine rings is 1. The van der Waals surface area contributed by atoms with Crippen LogP contribution in [0.25, 0.3) is 11.1 Å². The van der Waals surface area contributed by atoms with E-state index in [9.17, 15) is 30.7 Å². The Morgan fingerprint density at radius 3 is 2.05 bits per heavy atom. The molecule has 0 amide bonds. The first-order valence-electron chi connectivity index (χ1n) is 12.0. The highest BCUT2D eigenvalue weighted by molar-refractivity contribution is 6.00. The van der Waals surface area contributed by atoms with Gasteiger partial charge in [0.1, 0.15) is 5.82 Å². The Balaban J connectivity index is 1.65. The van der Waals surface area contributed by atoms with Gasteiger partial charge in [0.15, 0.2) is 5.84 Å². The maximum atomic E-state index is 14.7. The fourth-order valence-electron chi connectivity index (χ4n) is 4.55. The number of aryl methyl sites for hydroxylation is 1. The average Bonchev–Trinajstić information content (AvgIpc) is 3.31. The van der Waals surface area contributed by atoms with Crippen molar-refractivity contribution in [3.05, 3.63) is 124 Å². The summed E-state index contributed by atoms with van der Waals surface area (Å²) in [4.78, 5) is 11.1. The predicted octanol–water partition coefficient (Wildman–Crippen LogP) is 8.13. The number of nitrogens with zero attached hydrogens (tertiary/aromatic N) is 3. The van der Waals surface area contributed by atoms with Crippen molar-refractivity contribution in [3.63, 3.8) is 0 Å². The fraction of sp³-hybridized carbons (Fsp3) is 0.172. The minimum absolute atomic E-state index is 0.0588. The molecule has 1 aliphatic rings. The van der Waals surface area contributed by atoms with Crippen molar-refractivity contribution in [2.75, 3.05) is 0 Å². The molecule has 11 heteroatoms. The van der Waals surface area contributed by atoms with Crippen LogP contribution in [0, 0.1) is 12.7 Å². The van der Waals surface area contributed by atoms with Crippen LogP contribution in [0.4, 0.5) is 30.7 Å². The highest BCUT2D eigenvalue weighted by Gasteiger charge is 2.40. The summed E-state index contributed by atoms with van der Waals surface area (Å²) in [7, 11) is 0. The lowest BCUT2D eigenvalue weighted by Gasteiger charge is -2.28. The molecule has 0 saturated carbocycles. The van der Waals surface area contributed by atoms with E-state index in [1.165, 1.54) is 29.4 Å². The normalized spacial score (nSPS) is 15.7. The molecule has 206 valence electrons. The molecule has 5 rings (SSSR count).